The summed E-state index contributed by atoms with van der Waals surface area (Å²) >= 11 is 0. The molecule has 2 aromatic rings. The third-order valence-electron chi connectivity index (χ3n) is 6.79. The molecule has 0 aliphatic carbocycles. The van der Waals surface area contributed by atoms with Gasteiger partial charge in [-0.05, 0) is 40.9 Å². The Labute approximate surface area is 226 Å². The fourth-order valence-corrected chi connectivity index (χ4v) is 12.9. The highest BCUT2D eigenvalue weighted by atomic mass is 32.2. The number of hydrogen-bond donors (Lipinski definition) is 4. The van der Waals surface area contributed by atoms with E-state index in [1.807, 2.05) is 41.5 Å². The van der Waals surface area contributed by atoms with Crippen LogP contribution in [0.4, 0.5) is 18.9 Å². The summed E-state index contributed by atoms with van der Waals surface area (Å²) in [4.78, 5) is 28.2. The standard InChI is InChI=1S/C24H33F3N4O6SSi/c1-13(2)39(14(3)4,15(5)6)23(34)22(33)31-30-21(32)20-19(28)11-18(12-29-20)38(35,36)17-9-7-8-16(10-17)37-24(25,26)27/h7-15,23,34H,28H2,1-6H3,(H,30,32)(H,31,33). The maximum atomic E-state index is 12.9. The fraction of sp³-hybridized carbons (Fsp3) is 0.458. The number of benzene rings is 1. The average Bonchev–Trinajstić information content (AvgIpc) is 2.80. The number of ether oxygens (including phenoxy) is 1. The zero-order chi connectivity index (χ0) is 29.9. The van der Waals surface area contributed by atoms with Gasteiger partial charge in [0, 0.05) is 6.20 Å². The van der Waals surface area contributed by atoms with E-state index in [4.69, 9.17) is 5.73 Å². The lowest BCUT2D eigenvalue weighted by atomic mass is 10.3. The molecule has 1 heterocycles. The minimum absolute atomic E-state index is 0.0569. The van der Waals surface area contributed by atoms with Gasteiger partial charge in [0.15, 0.2) is 5.69 Å². The number of pyridine rings is 1. The Morgan fingerprint density at radius 2 is 1.56 bits per heavy atom. The highest BCUT2D eigenvalue weighted by molar-refractivity contribution is 7.91. The maximum absolute atomic E-state index is 12.9. The highest BCUT2D eigenvalue weighted by Crippen LogP contribution is 2.43. The number of nitrogens with two attached hydrogens (primary N) is 1. The second-order valence-electron chi connectivity index (χ2n) is 9.94. The Kier molecular flexibility index (Phi) is 9.79. The van der Waals surface area contributed by atoms with Crippen LogP contribution < -0.4 is 21.3 Å². The third kappa shape index (κ3) is 6.89. The van der Waals surface area contributed by atoms with Crippen LogP contribution in [-0.4, -0.2) is 50.5 Å². The van der Waals surface area contributed by atoms with Crippen LogP contribution in [0.3, 0.4) is 0 Å². The molecule has 2 amide bonds. The monoisotopic (exact) mass is 590 g/mol. The van der Waals surface area contributed by atoms with E-state index in [9.17, 15) is 36.3 Å². The summed E-state index contributed by atoms with van der Waals surface area (Å²) in [7, 11) is -7.00. The number of nitrogen functional groups attached to an aromatic ring is 1. The minimum Gasteiger partial charge on any atom is -0.406 e. The van der Waals surface area contributed by atoms with Gasteiger partial charge in [-0.1, -0.05) is 47.6 Å². The van der Waals surface area contributed by atoms with E-state index in [-0.39, 0.29) is 22.3 Å². The molecule has 0 fully saturated rings. The van der Waals surface area contributed by atoms with E-state index in [2.05, 4.69) is 20.6 Å². The van der Waals surface area contributed by atoms with Crippen LogP contribution in [0.5, 0.6) is 5.75 Å². The summed E-state index contributed by atoms with van der Waals surface area (Å²) in [5.74, 6) is -2.49. The molecule has 2 rings (SSSR count). The maximum Gasteiger partial charge on any atom is 0.573 e. The van der Waals surface area contributed by atoms with Crippen LogP contribution in [-0.2, 0) is 14.6 Å². The number of aliphatic hydroxyl groups excluding tert-OH is 1. The van der Waals surface area contributed by atoms with E-state index >= 15 is 0 Å². The van der Waals surface area contributed by atoms with Gasteiger partial charge in [0.2, 0.25) is 9.84 Å². The molecule has 1 unspecified atom stereocenters. The molecule has 5 N–H and O–H groups in total. The number of carbonyl (C=O) groups excluding carboxylic acids is 2. The molecule has 1 atom stereocenters. The summed E-state index contributed by atoms with van der Waals surface area (Å²) in [6.45, 7) is 11.8. The summed E-state index contributed by atoms with van der Waals surface area (Å²) in [5.41, 5.74) is 8.24. The third-order valence-corrected chi connectivity index (χ3v) is 15.7. The summed E-state index contributed by atoms with van der Waals surface area (Å²) in [5, 5.41) is 11.0. The molecule has 1 aromatic heterocycles. The molecule has 0 aliphatic heterocycles. The number of hydrogen-bond acceptors (Lipinski definition) is 8. The highest BCUT2D eigenvalue weighted by Gasteiger charge is 2.51. The molecule has 10 nitrogen and oxygen atoms in total. The van der Waals surface area contributed by atoms with Crippen molar-refractivity contribution in [2.45, 2.75) is 80.0 Å². The molecule has 1 aromatic carbocycles. The summed E-state index contributed by atoms with van der Waals surface area (Å²) < 4.78 is 67.1. The normalized spacial score (nSPS) is 13.5. The number of anilines is 1. The second kappa shape index (κ2) is 11.9. The Morgan fingerprint density at radius 1 is 1.00 bits per heavy atom. The van der Waals surface area contributed by atoms with Gasteiger partial charge in [-0.15, -0.1) is 13.2 Å². The lowest BCUT2D eigenvalue weighted by Crippen LogP contribution is -2.62. The minimum atomic E-state index is -5.02. The van der Waals surface area contributed by atoms with Gasteiger partial charge in [-0.2, -0.15) is 0 Å². The molecule has 0 radical (unpaired) electrons. The molecule has 0 aliphatic rings. The Hall–Kier alpha value is -3.17. The van der Waals surface area contributed by atoms with Crippen molar-refractivity contribution in [3.63, 3.8) is 0 Å². The predicted molar refractivity (Wildman–Crippen MR) is 140 cm³/mol. The van der Waals surface area contributed by atoms with Crippen LogP contribution in [0.1, 0.15) is 52.0 Å². The number of carbonyl (C=O) groups is 2. The van der Waals surface area contributed by atoms with E-state index in [0.717, 1.165) is 30.5 Å². The fourth-order valence-electron chi connectivity index (χ4n) is 5.19. The number of aromatic nitrogens is 1. The van der Waals surface area contributed by atoms with Crippen molar-refractivity contribution in [2.75, 3.05) is 5.73 Å². The van der Waals surface area contributed by atoms with Crippen molar-refractivity contribution < 1.29 is 41.0 Å². The molecule has 0 saturated heterocycles. The molecule has 15 heteroatoms. The zero-order valence-corrected chi connectivity index (χ0v) is 24.1. The van der Waals surface area contributed by atoms with Crippen molar-refractivity contribution in [3.05, 3.63) is 42.2 Å². The van der Waals surface area contributed by atoms with E-state index in [1.165, 1.54) is 0 Å². The first-order valence-electron chi connectivity index (χ1n) is 12.0. The lowest BCUT2D eigenvalue weighted by molar-refractivity contribution is -0.274. The van der Waals surface area contributed by atoms with Gasteiger partial charge in [-0.25, -0.2) is 13.4 Å². The number of alkyl halides is 3. The van der Waals surface area contributed by atoms with Gasteiger partial charge in [0.1, 0.15) is 19.6 Å². The number of nitrogens with one attached hydrogen (secondary N) is 2. The largest absolute Gasteiger partial charge is 0.573 e. The first-order chi connectivity index (χ1) is 17.8. The Bertz CT molecular complexity index is 1300. The molecule has 39 heavy (non-hydrogen) atoms. The summed E-state index contributed by atoms with van der Waals surface area (Å²) in [6, 6.07) is 4.67. The van der Waals surface area contributed by atoms with Crippen molar-refractivity contribution in [2.24, 2.45) is 0 Å². The van der Waals surface area contributed by atoms with E-state index in [1.54, 1.807) is 0 Å². The van der Waals surface area contributed by atoms with Crippen molar-refractivity contribution in [3.8, 4) is 5.75 Å². The van der Waals surface area contributed by atoms with Gasteiger partial charge < -0.3 is 15.6 Å². The Morgan fingerprint density at radius 3 is 2.05 bits per heavy atom. The van der Waals surface area contributed by atoms with E-state index < -0.39 is 63.0 Å². The first kappa shape index (κ1) is 32.0. The number of sulfone groups is 1. The quantitative estimate of drug-likeness (QED) is 0.254. The molecular weight excluding hydrogens is 557 g/mol. The van der Waals surface area contributed by atoms with Gasteiger partial charge in [0.25, 0.3) is 11.8 Å². The van der Waals surface area contributed by atoms with Crippen LogP contribution >= 0.6 is 0 Å². The molecular formula is C24H33F3N4O6SSi. The number of rotatable bonds is 9. The predicted octanol–water partition coefficient (Wildman–Crippen LogP) is 3.74. The smallest absolute Gasteiger partial charge is 0.406 e. The van der Waals surface area contributed by atoms with Crippen LogP contribution in [0.15, 0.2) is 46.3 Å². The summed E-state index contributed by atoms with van der Waals surface area (Å²) in [6.07, 6.45) is -4.21. The zero-order valence-electron chi connectivity index (χ0n) is 22.3. The number of nitrogens with zero attached hydrogens (tertiary/aromatic N) is 1. The van der Waals surface area contributed by atoms with Gasteiger partial charge in [0.05, 0.1) is 15.5 Å². The van der Waals surface area contributed by atoms with Crippen LogP contribution in [0.2, 0.25) is 16.6 Å². The number of halogens is 3. The van der Waals surface area contributed by atoms with Gasteiger partial charge in [-0.3, -0.25) is 20.4 Å². The van der Waals surface area contributed by atoms with Crippen LogP contribution in [0.25, 0.3) is 0 Å². The molecule has 0 bridgehead atoms. The van der Waals surface area contributed by atoms with Crippen molar-refractivity contribution in [1.29, 1.82) is 0 Å². The molecule has 0 saturated carbocycles. The van der Waals surface area contributed by atoms with Crippen molar-refractivity contribution in [1.82, 2.24) is 15.8 Å². The lowest BCUT2D eigenvalue weighted by Gasteiger charge is -2.45. The Balaban J connectivity index is 2.24. The SMILES string of the molecule is CC(C)[Si](C(C)C)(C(C)C)C(O)C(=O)NNC(=O)c1ncc(S(=O)(=O)c2cccc(OC(F)(F)F)c2)cc1N. The average molecular weight is 591 g/mol. The van der Waals surface area contributed by atoms with Crippen LogP contribution in [0, 0.1) is 0 Å². The molecule has 0 spiro atoms. The second-order valence-corrected chi connectivity index (χ2v) is 17.9. The number of aliphatic hydroxyl groups is 1. The molecule has 216 valence electrons. The number of hydrazine groups is 1. The first-order valence-corrected chi connectivity index (χ1v) is 15.8. The van der Waals surface area contributed by atoms with Crippen molar-refractivity contribution >= 4 is 35.4 Å². The van der Waals surface area contributed by atoms with Gasteiger partial charge >= 0.3 is 6.36 Å². The topological polar surface area (TPSA) is 161 Å². The number of amides is 2. The van der Waals surface area contributed by atoms with E-state index in [0.29, 0.717) is 6.07 Å².